The van der Waals surface area contributed by atoms with Gasteiger partial charge in [0.1, 0.15) is 16.8 Å². The van der Waals surface area contributed by atoms with Crippen molar-refractivity contribution in [2.75, 3.05) is 25.8 Å². The first-order chi connectivity index (χ1) is 7.58. The molecule has 1 rings (SSSR count). The van der Waals surface area contributed by atoms with Gasteiger partial charge in [-0.15, -0.1) is 0 Å². The molecule has 0 radical (unpaired) electrons. The van der Waals surface area contributed by atoms with Crippen molar-refractivity contribution in [3.8, 4) is 5.88 Å². The molecule has 6 heteroatoms. The Morgan fingerprint density at radius 1 is 1.50 bits per heavy atom. The highest BCUT2D eigenvalue weighted by atomic mass is 79.9. The third kappa shape index (κ3) is 3.18. The number of hydrogen-bond acceptors (Lipinski definition) is 5. The number of hydrogen-bond donors (Lipinski definition) is 0. The standard InChI is InChI=1S/C10H13BrN2O3/c1-7(14)6-13(16-3)8-4-5-9(11)12-10(8)15-2/h4-5H,6H2,1-3H3. The number of carbonyl (C=O) groups is 1. The van der Waals surface area contributed by atoms with E-state index in [-0.39, 0.29) is 12.3 Å². The molecule has 88 valence electrons. The van der Waals surface area contributed by atoms with Gasteiger partial charge in [0.15, 0.2) is 5.78 Å². The van der Waals surface area contributed by atoms with Crippen LogP contribution in [0.15, 0.2) is 16.7 Å². The Bertz CT molecular complexity index is 384. The fourth-order valence-electron chi connectivity index (χ4n) is 1.20. The Balaban J connectivity index is 3.03. The Morgan fingerprint density at radius 2 is 2.19 bits per heavy atom. The highest BCUT2D eigenvalue weighted by molar-refractivity contribution is 9.10. The van der Waals surface area contributed by atoms with E-state index in [1.807, 2.05) is 0 Å². The molecule has 0 fully saturated rings. The lowest BCUT2D eigenvalue weighted by Gasteiger charge is -2.21. The summed E-state index contributed by atoms with van der Waals surface area (Å²) in [5, 5.41) is 1.43. The molecular weight excluding hydrogens is 276 g/mol. The van der Waals surface area contributed by atoms with Gasteiger partial charge in [-0.3, -0.25) is 9.63 Å². The van der Waals surface area contributed by atoms with Crippen molar-refractivity contribution in [2.24, 2.45) is 0 Å². The van der Waals surface area contributed by atoms with Gasteiger partial charge in [-0.25, -0.2) is 10.0 Å². The average Bonchev–Trinajstić information content (AvgIpc) is 2.25. The zero-order valence-corrected chi connectivity index (χ0v) is 10.9. The second-order valence-electron chi connectivity index (χ2n) is 3.08. The van der Waals surface area contributed by atoms with E-state index in [1.54, 1.807) is 12.1 Å². The number of aromatic nitrogens is 1. The van der Waals surface area contributed by atoms with Crippen molar-refractivity contribution < 1.29 is 14.4 Å². The van der Waals surface area contributed by atoms with E-state index >= 15 is 0 Å². The second kappa shape index (κ2) is 5.81. The fourth-order valence-corrected chi connectivity index (χ4v) is 1.49. The predicted octanol–water partition coefficient (Wildman–Crippen LogP) is 1.81. The molecule has 1 heterocycles. The van der Waals surface area contributed by atoms with Crippen LogP contribution in [-0.4, -0.2) is 31.5 Å². The first-order valence-corrected chi connectivity index (χ1v) is 5.39. The molecule has 0 atom stereocenters. The van der Waals surface area contributed by atoms with Crippen molar-refractivity contribution in [3.63, 3.8) is 0 Å². The molecule has 1 aromatic rings. The van der Waals surface area contributed by atoms with E-state index in [2.05, 4.69) is 20.9 Å². The summed E-state index contributed by atoms with van der Waals surface area (Å²) >= 11 is 3.24. The maximum Gasteiger partial charge on any atom is 0.240 e. The molecule has 0 saturated heterocycles. The summed E-state index contributed by atoms with van der Waals surface area (Å²) in [6.07, 6.45) is 0. The first-order valence-electron chi connectivity index (χ1n) is 4.60. The normalized spacial score (nSPS) is 10.0. The lowest BCUT2D eigenvalue weighted by atomic mass is 10.3. The summed E-state index contributed by atoms with van der Waals surface area (Å²) < 4.78 is 5.78. The van der Waals surface area contributed by atoms with Gasteiger partial charge in [0.25, 0.3) is 0 Å². The largest absolute Gasteiger partial charge is 0.479 e. The lowest BCUT2D eigenvalue weighted by molar-refractivity contribution is -0.116. The Kier molecular flexibility index (Phi) is 4.70. The van der Waals surface area contributed by atoms with Crippen LogP contribution in [0.25, 0.3) is 0 Å². The molecular formula is C10H13BrN2O3. The summed E-state index contributed by atoms with van der Waals surface area (Å²) in [4.78, 5) is 20.3. The second-order valence-corrected chi connectivity index (χ2v) is 3.90. The third-order valence-corrected chi connectivity index (χ3v) is 2.30. The summed E-state index contributed by atoms with van der Waals surface area (Å²) in [6, 6.07) is 3.52. The number of halogens is 1. The topological polar surface area (TPSA) is 51.7 Å². The highest BCUT2D eigenvalue weighted by Gasteiger charge is 2.15. The van der Waals surface area contributed by atoms with Gasteiger partial charge in [-0.05, 0) is 35.0 Å². The van der Waals surface area contributed by atoms with Gasteiger partial charge >= 0.3 is 0 Å². The van der Waals surface area contributed by atoms with Gasteiger partial charge < -0.3 is 4.74 Å². The zero-order valence-electron chi connectivity index (χ0n) is 9.36. The maximum absolute atomic E-state index is 11.1. The van der Waals surface area contributed by atoms with Crippen LogP contribution in [0.2, 0.25) is 0 Å². The van der Waals surface area contributed by atoms with Crippen LogP contribution < -0.4 is 9.80 Å². The van der Waals surface area contributed by atoms with Crippen molar-refractivity contribution in [3.05, 3.63) is 16.7 Å². The van der Waals surface area contributed by atoms with E-state index in [4.69, 9.17) is 9.57 Å². The Labute approximate surface area is 102 Å². The predicted molar refractivity (Wildman–Crippen MR) is 63.5 cm³/mol. The minimum Gasteiger partial charge on any atom is -0.479 e. The number of ketones is 1. The quantitative estimate of drug-likeness (QED) is 0.611. The molecule has 0 aliphatic carbocycles. The molecule has 0 aromatic carbocycles. The van der Waals surface area contributed by atoms with Gasteiger partial charge in [-0.2, -0.15) is 0 Å². The minimum absolute atomic E-state index is 0.00757. The molecule has 0 bridgehead atoms. The van der Waals surface area contributed by atoms with E-state index in [0.717, 1.165) is 0 Å². The smallest absolute Gasteiger partial charge is 0.240 e. The number of hydroxylamine groups is 1. The van der Waals surface area contributed by atoms with Crippen LogP contribution in [-0.2, 0) is 9.63 Å². The maximum atomic E-state index is 11.1. The number of rotatable bonds is 5. The molecule has 0 aliphatic heterocycles. The number of carbonyl (C=O) groups excluding carboxylic acids is 1. The molecule has 5 nitrogen and oxygen atoms in total. The summed E-state index contributed by atoms with van der Waals surface area (Å²) in [6.45, 7) is 1.64. The molecule has 0 spiro atoms. The molecule has 0 N–H and O–H groups in total. The number of methoxy groups -OCH3 is 1. The minimum atomic E-state index is -0.00757. The van der Waals surface area contributed by atoms with Crippen molar-refractivity contribution >= 4 is 27.4 Å². The number of nitrogens with zero attached hydrogens (tertiary/aromatic N) is 2. The van der Waals surface area contributed by atoms with Gasteiger partial charge in [-0.1, -0.05) is 0 Å². The molecule has 0 aliphatic rings. The van der Waals surface area contributed by atoms with Crippen LogP contribution in [0.3, 0.4) is 0 Å². The molecule has 0 amide bonds. The summed E-state index contributed by atoms with van der Waals surface area (Å²) in [5.41, 5.74) is 0.614. The van der Waals surface area contributed by atoms with E-state index < -0.39 is 0 Å². The number of Topliss-reactive ketones (excluding diaryl/α,β-unsaturated/α-hetero) is 1. The SMILES string of the molecule is COc1nc(Br)ccc1N(CC(C)=O)OC. The van der Waals surface area contributed by atoms with Crippen molar-refractivity contribution in [2.45, 2.75) is 6.92 Å². The van der Waals surface area contributed by atoms with Crippen LogP contribution in [0, 0.1) is 0 Å². The highest BCUT2D eigenvalue weighted by Crippen LogP contribution is 2.27. The fraction of sp³-hybridized carbons (Fsp3) is 0.400. The number of anilines is 1. The lowest BCUT2D eigenvalue weighted by Crippen LogP contribution is -2.28. The van der Waals surface area contributed by atoms with Gasteiger partial charge in [0.05, 0.1) is 14.2 Å². The average molecular weight is 289 g/mol. The number of ether oxygens (including phenoxy) is 1. The van der Waals surface area contributed by atoms with Crippen LogP contribution in [0.1, 0.15) is 6.92 Å². The summed E-state index contributed by atoms with van der Waals surface area (Å²) in [5.74, 6) is 0.393. The van der Waals surface area contributed by atoms with Crippen molar-refractivity contribution in [1.82, 2.24) is 4.98 Å². The Hall–Kier alpha value is -1.14. The van der Waals surface area contributed by atoms with Gasteiger partial charge in [0, 0.05) is 0 Å². The van der Waals surface area contributed by atoms with Crippen LogP contribution >= 0.6 is 15.9 Å². The van der Waals surface area contributed by atoms with Crippen LogP contribution in [0.4, 0.5) is 5.69 Å². The third-order valence-electron chi connectivity index (χ3n) is 1.85. The van der Waals surface area contributed by atoms with Crippen LogP contribution in [0.5, 0.6) is 5.88 Å². The summed E-state index contributed by atoms with van der Waals surface area (Å²) in [7, 11) is 3.00. The Morgan fingerprint density at radius 3 is 2.69 bits per heavy atom. The van der Waals surface area contributed by atoms with E-state index in [1.165, 1.54) is 26.2 Å². The monoisotopic (exact) mass is 288 g/mol. The van der Waals surface area contributed by atoms with Gasteiger partial charge in [0.2, 0.25) is 5.88 Å². The van der Waals surface area contributed by atoms with Crippen molar-refractivity contribution in [1.29, 1.82) is 0 Å². The van der Waals surface area contributed by atoms with E-state index in [0.29, 0.717) is 16.2 Å². The molecule has 16 heavy (non-hydrogen) atoms. The molecule has 0 unspecified atom stereocenters. The number of pyridine rings is 1. The molecule has 0 saturated carbocycles. The first kappa shape index (κ1) is 12.9. The molecule has 1 aromatic heterocycles. The zero-order chi connectivity index (χ0) is 12.1. The van der Waals surface area contributed by atoms with E-state index in [9.17, 15) is 4.79 Å².